The molecule has 0 aliphatic heterocycles. The van der Waals surface area contributed by atoms with Crippen molar-refractivity contribution in [2.75, 3.05) is 6.54 Å². The van der Waals surface area contributed by atoms with Gasteiger partial charge in [0.25, 0.3) is 5.91 Å². The maximum atomic E-state index is 12.4. The van der Waals surface area contributed by atoms with Crippen LogP contribution in [0.25, 0.3) is 10.1 Å². The highest BCUT2D eigenvalue weighted by atomic mass is 32.1. The molecule has 0 unspecified atom stereocenters. The number of hydrogen-bond donors (Lipinski definition) is 1. The van der Waals surface area contributed by atoms with Crippen LogP contribution in [0.3, 0.4) is 0 Å². The Hall–Kier alpha value is -1.65. The second-order valence-corrected chi connectivity index (χ2v) is 7.49. The molecule has 0 atom stereocenters. The number of benzene rings is 1. The molecule has 106 valence electrons. The summed E-state index contributed by atoms with van der Waals surface area (Å²) in [5.41, 5.74) is 1.58. The summed E-state index contributed by atoms with van der Waals surface area (Å²) in [5, 5.41) is 8.59. The Morgan fingerprint density at radius 3 is 2.81 bits per heavy atom. The Labute approximate surface area is 131 Å². The highest BCUT2D eigenvalue weighted by Crippen LogP contribution is 2.48. The fraction of sp³-hybridized carbons (Fsp3) is 0.235. The van der Waals surface area contributed by atoms with E-state index in [0.29, 0.717) is 0 Å². The smallest absolute Gasteiger partial charge is 0.261 e. The van der Waals surface area contributed by atoms with Crippen molar-refractivity contribution >= 4 is 38.7 Å². The first-order valence-electron chi connectivity index (χ1n) is 7.06. The van der Waals surface area contributed by atoms with E-state index in [0.717, 1.165) is 16.8 Å². The molecule has 2 nitrogen and oxygen atoms in total. The standard InChI is InChI=1S/C17H15NOS2/c19-16(15-9-12-3-1-2-4-14(12)21-15)18-11-17(6-7-17)13-5-8-20-10-13/h1-5,8-10H,6-7,11H2,(H,18,19). The predicted octanol–water partition coefficient (Wildman–Crippen LogP) is 4.42. The van der Waals surface area contributed by atoms with Gasteiger partial charge in [-0.25, -0.2) is 0 Å². The molecule has 1 aliphatic carbocycles. The third-order valence-corrected chi connectivity index (χ3v) is 6.02. The van der Waals surface area contributed by atoms with E-state index in [1.807, 2.05) is 18.2 Å². The van der Waals surface area contributed by atoms with Gasteiger partial charge in [0.05, 0.1) is 4.88 Å². The molecule has 0 spiro atoms. The van der Waals surface area contributed by atoms with Crippen LogP contribution in [0, 0.1) is 0 Å². The first-order valence-corrected chi connectivity index (χ1v) is 8.82. The summed E-state index contributed by atoms with van der Waals surface area (Å²) in [6.07, 6.45) is 2.35. The van der Waals surface area contributed by atoms with E-state index in [1.54, 1.807) is 22.7 Å². The van der Waals surface area contributed by atoms with Crippen LogP contribution in [-0.2, 0) is 5.41 Å². The van der Waals surface area contributed by atoms with Crippen molar-refractivity contribution in [3.63, 3.8) is 0 Å². The van der Waals surface area contributed by atoms with Gasteiger partial charge in [0, 0.05) is 16.7 Å². The van der Waals surface area contributed by atoms with Crippen LogP contribution in [-0.4, -0.2) is 12.5 Å². The van der Waals surface area contributed by atoms with E-state index < -0.39 is 0 Å². The van der Waals surface area contributed by atoms with Gasteiger partial charge in [-0.05, 0) is 52.8 Å². The molecule has 2 aromatic heterocycles. The molecule has 4 heteroatoms. The number of thiophene rings is 2. The van der Waals surface area contributed by atoms with Gasteiger partial charge < -0.3 is 5.32 Å². The van der Waals surface area contributed by atoms with Gasteiger partial charge in [-0.15, -0.1) is 11.3 Å². The lowest BCUT2D eigenvalue weighted by Gasteiger charge is -2.14. The minimum atomic E-state index is 0.0534. The van der Waals surface area contributed by atoms with Crippen LogP contribution < -0.4 is 5.32 Å². The first kappa shape index (κ1) is 13.0. The van der Waals surface area contributed by atoms with Crippen LogP contribution >= 0.6 is 22.7 Å². The van der Waals surface area contributed by atoms with Crippen molar-refractivity contribution in [2.45, 2.75) is 18.3 Å². The molecular weight excluding hydrogens is 298 g/mol. The Kier molecular flexibility index (Phi) is 3.08. The molecule has 0 bridgehead atoms. The average Bonchev–Trinajstić information content (AvgIpc) is 2.95. The van der Waals surface area contributed by atoms with Crippen molar-refractivity contribution < 1.29 is 4.79 Å². The van der Waals surface area contributed by atoms with E-state index in [4.69, 9.17) is 0 Å². The zero-order valence-corrected chi connectivity index (χ0v) is 13.1. The van der Waals surface area contributed by atoms with Crippen LogP contribution in [0.2, 0.25) is 0 Å². The molecule has 1 aliphatic rings. The fourth-order valence-corrected chi connectivity index (χ4v) is 4.47. The largest absolute Gasteiger partial charge is 0.350 e. The van der Waals surface area contributed by atoms with Gasteiger partial charge in [-0.3, -0.25) is 4.79 Å². The molecular formula is C17H15NOS2. The third-order valence-electron chi connectivity index (χ3n) is 4.22. The lowest BCUT2D eigenvalue weighted by Crippen LogP contribution is -2.31. The number of amides is 1. The molecule has 21 heavy (non-hydrogen) atoms. The Balaban J connectivity index is 1.49. The van der Waals surface area contributed by atoms with E-state index in [2.05, 4.69) is 34.3 Å². The molecule has 1 amide bonds. The second kappa shape index (κ2) is 4.97. The van der Waals surface area contributed by atoms with Crippen molar-refractivity contribution in [1.29, 1.82) is 0 Å². The maximum Gasteiger partial charge on any atom is 0.261 e. The van der Waals surface area contributed by atoms with Crippen molar-refractivity contribution in [2.24, 2.45) is 0 Å². The average molecular weight is 313 g/mol. The summed E-state index contributed by atoms with van der Waals surface area (Å²) >= 11 is 3.29. The van der Waals surface area contributed by atoms with Crippen molar-refractivity contribution in [1.82, 2.24) is 5.32 Å². The fourth-order valence-electron chi connectivity index (χ4n) is 2.72. The topological polar surface area (TPSA) is 29.1 Å². The van der Waals surface area contributed by atoms with Crippen LogP contribution in [0.1, 0.15) is 28.1 Å². The summed E-state index contributed by atoms with van der Waals surface area (Å²) < 4.78 is 1.17. The highest BCUT2D eigenvalue weighted by Gasteiger charge is 2.44. The van der Waals surface area contributed by atoms with E-state index >= 15 is 0 Å². The molecule has 2 heterocycles. The molecule has 3 aromatic rings. The van der Waals surface area contributed by atoms with E-state index in [1.165, 1.54) is 23.1 Å². The van der Waals surface area contributed by atoms with Gasteiger partial charge in [-0.1, -0.05) is 18.2 Å². The number of fused-ring (bicyclic) bond motifs is 1. The second-order valence-electron chi connectivity index (χ2n) is 5.62. The molecule has 1 fully saturated rings. The Morgan fingerprint density at radius 1 is 1.24 bits per heavy atom. The molecule has 0 saturated heterocycles. The molecule has 4 rings (SSSR count). The van der Waals surface area contributed by atoms with Gasteiger partial charge >= 0.3 is 0 Å². The zero-order valence-electron chi connectivity index (χ0n) is 11.5. The summed E-state index contributed by atoms with van der Waals surface area (Å²) in [7, 11) is 0. The number of nitrogens with one attached hydrogen (secondary N) is 1. The lowest BCUT2D eigenvalue weighted by atomic mass is 9.99. The number of carbonyl (C=O) groups is 1. The minimum Gasteiger partial charge on any atom is -0.350 e. The summed E-state index contributed by atoms with van der Waals surface area (Å²) in [6.45, 7) is 0.747. The van der Waals surface area contributed by atoms with Crippen molar-refractivity contribution in [3.05, 3.63) is 57.6 Å². The van der Waals surface area contributed by atoms with Gasteiger partial charge in [0.15, 0.2) is 0 Å². The summed E-state index contributed by atoms with van der Waals surface area (Å²) in [5.74, 6) is 0.0534. The van der Waals surface area contributed by atoms with Gasteiger partial charge in [0.2, 0.25) is 0 Å². The first-order chi connectivity index (χ1) is 10.3. The summed E-state index contributed by atoms with van der Waals surface area (Å²) in [4.78, 5) is 13.2. The predicted molar refractivity (Wildman–Crippen MR) is 89.4 cm³/mol. The molecule has 1 aromatic carbocycles. The highest BCUT2D eigenvalue weighted by molar-refractivity contribution is 7.20. The summed E-state index contributed by atoms with van der Waals surface area (Å²) in [6, 6.07) is 12.3. The molecule has 0 radical (unpaired) electrons. The van der Waals surface area contributed by atoms with Crippen molar-refractivity contribution in [3.8, 4) is 0 Å². The molecule has 1 N–H and O–H groups in total. The maximum absolute atomic E-state index is 12.4. The zero-order chi connectivity index (χ0) is 14.3. The quantitative estimate of drug-likeness (QED) is 0.759. The Morgan fingerprint density at radius 2 is 2.10 bits per heavy atom. The Bertz CT molecular complexity index is 751. The van der Waals surface area contributed by atoms with Crippen LogP contribution in [0.5, 0.6) is 0 Å². The third kappa shape index (κ3) is 2.39. The van der Waals surface area contributed by atoms with E-state index in [-0.39, 0.29) is 11.3 Å². The molecule has 1 saturated carbocycles. The number of hydrogen-bond acceptors (Lipinski definition) is 3. The lowest BCUT2D eigenvalue weighted by molar-refractivity contribution is 0.0954. The van der Waals surface area contributed by atoms with Crippen LogP contribution in [0.15, 0.2) is 47.2 Å². The SMILES string of the molecule is O=C(NCC1(c2ccsc2)CC1)c1cc2ccccc2s1. The number of rotatable bonds is 4. The number of carbonyl (C=O) groups excluding carboxylic acids is 1. The normalized spacial score (nSPS) is 16.0. The minimum absolute atomic E-state index is 0.0534. The van der Waals surface area contributed by atoms with E-state index in [9.17, 15) is 4.79 Å². The van der Waals surface area contributed by atoms with Crippen LogP contribution in [0.4, 0.5) is 0 Å². The monoisotopic (exact) mass is 313 g/mol. The van der Waals surface area contributed by atoms with Gasteiger partial charge in [0.1, 0.15) is 0 Å². The van der Waals surface area contributed by atoms with Gasteiger partial charge in [-0.2, -0.15) is 11.3 Å².